The van der Waals surface area contributed by atoms with E-state index in [2.05, 4.69) is 85.8 Å². The Labute approximate surface area is 320 Å². The fraction of sp³-hybridized carbons (Fsp3) is 0.0200. The van der Waals surface area contributed by atoms with E-state index in [0.29, 0.717) is 17.5 Å². The van der Waals surface area contributed by atoms with Gasteiger partial charge in [0.15, 0.2) is 17.5 Å². The van der Waals surface area contributed by atoms with Crippen LogP contribution in [0.2, 0.25) is 0 Å². The van der Waals surface area contributed by atoms with Gasteiger partial charge in [-0.05, 0) is 71.8 Å². The minimum atomic E-state index is 0.561. The lowest BCUT2D eigenvalue weighted by Gasteiger charge is -2.10. The maximum absolute atomic E-state index is 6.50. The molecule has 4 heterocycles. The highest BCUT2D eigenvalue weighted by Gasteiger charge is 2.20. The van der Waals surface area contributed by atoms with E-state index >= 15 is 0 Å². The van der Waals surface area contributed by atoms with Gasteiger partial charge in [-0.2, -0.15) is 0 Å². The molecule has 4 aromatic heterocycles. The maximum atomic E-state index is 6.50. The van der Waals surface area contributed by atoms with Gasteiger partial charge in [0.1, 0.15) is 33.7 Å². The van der Waals surface area contributed by atoms with Gasteiger partial charge in [0, 0.05) is 49.2 Å². The van der Waals surface area contributed by atoms with Gasteiger partial charge >= 0.3 is 0 Å². The smallest absolute Gasteiger partial charge is 0.164 e. The van der Waals surface area contributed by atoms with E-state index in [9.17, 15) is 0 Å². The molecule has 0 amide bonds. The monoisotopic (exact) mass is 721 g/mol. The molecule has 11 rings (SSSR count). The molecule has 0 bridgehead atoms. The standard InChI is InChI=1S/C50H31N3O3/c1-30-35-15-5-8-20-41(35)54-40(30)19-7-2-12-31-24-27-37-45(28-31)56-44-23-11-18-39(47(37)44)50-52-48(34-26-25-32-13-3-4-14-33(32)29-34)51-49(53-50)38-17-10-22-43-46(38)36-16-6-9-21-42(36)55-43/h2-29H,1H3/b12-2+,19-7-. The zero-order chi connectivity index (χ0) is 37.2. The molecule has 0 N–H and O–H groups in total. The Balaban J connectivity index is 1.04. The van der Waals surface area contributed by atoms with E-state index in [-0.39, 0.29) is 0 Å². The van der Waals surface area contributed by atoms with Gasteiger partial charge in [0.2, 0.25) is 0 Å². The van der Waals surface area contributed by atoms with Crippen molar-refractivity contribution in [2.75, 3.05) is 0 Å². The summed E-state index contributed by atoms with van der Waals surface area (Å²) >= 11 is 0. The van der Waals surface area contributed by atoms with E-state index in [1.807, 2.05) is 91.0 Å². The molecule has 0 saturated heterocycles. The summed E-state index contributed by atoms with van der Waals surface area (Å²) in [6, 6.07) is 49.2. The Kier molecular flexibility index (Phi) is 7.29. The first-order chi connectivity index (χ1) is 27.6. The number of fused-ring (bicyclic) bond motifs is 8. The van der Waals surface area contributed by atoms with Gasteiger partial charge < -0.3 is 13.3 Å². The quantitative estimate of drug-likeness (QED) is 0.159. The minimum Gasteiger partial charge on any atom is -0.456 e. The lowest BCUT2D eigenvalue weighted by atomic mass is 10.0. The Bertz CT molecular complexity index is 3400. The molecule has 0 aliphatic heterocycles. The number of allylic oxidation sites excluding steroid dienone is 2. The van der Waals surface area contributed by atoms with Crippen LogP contribution >= 0.6 is 0 Å². The molecule has 0 atom stereocenters. The highest BCUT2D eigenvalue weighted by molar-refractivity contribution is 6.13. The summed E-state index contributed by atoms with van der Waals surface area (Å²) in [6.07, 6.45) is 8.09. The minimum absolute atomic E-state index is 0.561. The zero-order valence-corrected chi connectivity index (χ0v) is 30.2. The van der Waals surface area contributed by atoms with Crippen molar-refractivity contribution in [3.05, 3.63) is 175 Å². The summed E-state index contributed by atoms with van der Waals surface area (Å²) < 4.78 is 18.8. The number of aromatic nitrogens is 3. The topological polar surface area (TPSA) is 78.1 Å². The third-order valence-corrected chi connectivity index (χ3v) is 10.6. The summed E-state index contributed by atoms with van der Waals surface area (Å²) in [4.78, 5) is 15.5. The van der Waals surface area contributed by atoms with Crippen LogP contribution < -0.4 is 0 Å². The molecule has 56 heavy (non-hydrogen) atoms. The van der Waals surface area contributed by atoms with E-state index in [0.717, 1.165) is 99.2 Å². The van der Waals surface area contributed by atoms with Crippen LogP contribution in [-0.4, -0.2) is 15.0 Å². The van der Waals surface area contributed by atoms with Gasteiger partial charge in [-0.1, -0.05) is 121 Å². The predicted octanol–water partition coefficient (Wildman–Crippen LogP) is 13.6. The molecule has 6 heteroatoms. The van der Waals surface area contributed by atoms with Crippen LogP contribution in [0.3, 0.4) is 0 Å². The van der Waals surface area contributed by atoms with Crippen LogP contribution in [0.5, 0.6) is 0 Å². The van der Waals surface area contributed by atoms with Crippen molar-refractivity contribution < 1.29 is 13.3 Å². The van der Waals surface area contributed by atoms with Crippen molar-refractivity contribution >= 4 is 77.8 Å². The first-order valence-corrected chi connectivity index (χ1v) is 18.6. The second-order valence-corrected chi connectivity index (χ2v) is 14.0. The first-order valence-electron chi connectivity index (χ1n) is 18.6. The molecule has 11 aromatic rings. The fourth-order valence-electron chi connectivity index (χ4n) is 7.83. The second kappa shape index (κ2) is 12.8. The molecule has 0 spiro atoms. The molecular weight excluding hydrogens is 691 g/mol. The van der Waals surface area contributed by atoms with Crippen molar-refractivity contribution in [2.45, 2.75) is 6.92 Å². The number of hydrogen-bond donors (Lipinski definition) is 0. The fourth-order valence-corrected chi connectivity index (χ4v) is 7.83. The normalized spacial score (nSPS) is 12.2. The molecule has 7 aromatic carbocycles. The van der Waals surface area contributed by atoms with Crippen molar-refractivity contribution in [2.24, 2.45) is 0 Å². The van der Waals surface area contributed by atoms with Crippen LogP contribution in [0.15, 0.2) is 171 Å². The molecule has 0 fully saturated rings. The number of rotatable bonds is 6. The average Bonchev–Trinajstić information content (AvgIpc) is 3.92. The van der Waals surface area contributed by atoms with Crippen LogP contribution in [-0.2, 0) is 0 Å². The summed E-state index contributed by atoms with van der Waals surface area (Å²) in [5.74, 6) is 2.57. The van der Waals surface area contributed by atoms with E-state index in [4.69, 9.17) is 28.2 Å². The van der Waals surface area contributed by atoms with Gasteiger partial charge in [-0.25, -0.2) is 15.0 Å². The van der Waals surface area contributed by atoms with Gasteiger partial charge in [-0.15, -0.1) is 0 Å². The van der Waals surface area contributed by atoms with E-state index < -0.39 is 0 Å². The van der Waals surface area contributed by atoms with E-state index in [1.165, 1.54) is 0 Å². The summed E-state index contributed by atoms with van der Waals surface area (Å²) in [5.41, 5.74) is 8.84. The predicted molar refractivity (Wildman–Crippen MR) is 227 cm³/mol. The Morgan fingerprint density at radius 2 is 1.02 bits per heavy atom. The number of nitrogens with zero attached hydrogens (tertiary/aromatic N) is 3. The number of aryl methyl sites for hydroxylation is 1. The zero-order valence-electron chi connectivity index (χ0n) is 30.2. The first kappa shape index (κ1) is 31.9. The third-order valence-electron chi connectivity index (χ3n) is 10.6. The molecule has 6 nitrogen and oxygen atoms in total. The van der Waals surface area contributed by atoms with Crippen molar-refractivity contribution in [1.82, 2.24) is 15.0 Å². The summed E-state index contributed by atoms with van der Waals surface area (Å²) in [6.45, 7) is 2.09. The maximum Gasteiger partial charge on any atom is 0.164 e. The number of para-hydroxylation sites is 2. The number of benzene rings is 7. The molecular formula is C50H31N3O3. The van der Waals surface area contributed by atoms with Crippen LogP contribution in [0, 0.1) is 6.92 Å². The highest BCUT2D eigenvalue weighted by Crippen LogP contribution is 2.39. The van der Waals surface area contributed by atoms with Crippen LogP contribution in [0.1, 0.15) is 16.9 Å². The van der Waals surface area contributed by atoms with Gasteiger partial charge in [0.05, 0.1) is 0 Å². The Morgan fingerprint density at radius 3 is 1.77 bits per heavy atom. The molecule has 0 aliphatic rings. The van der Waals surface area contributed by atoms with E-state index in [1.54, 1.807) is 0 Å². The van der Waals surface area contributed by atoms with Crippen LogP contribution in [0.4, 0.5) is 0 Å². The molecule has 264 valence electrons. The Morgan fingerprint density at radius 1 is 0.429 bits per heavy atom. The molecule has 0 saturated carbocycles. The average molecular weight is 722 g/mol. The van der Waals surface area contributed by atoms with Gasteiger partial charge in [0.25, 0.3) is 0 Å². The van der Waals surface area contributed by atoms with Gasteiger partial charge in [-0.3, -0.25) is 0 Å². The van der Waals surface area contributed by atoms with Crippen LogP contribution in [0.25, 0.3) is 112 Å². The SMILES string of the molecule is Cc1c(/C=C\C=C\c2ccc3c(c2)oc2cccc(-c4nc(-c5ccc6ccccc6c5)nc(-c5cccc6oc7ccccc7c56)n4)c23)oc2ccccc12. The lowest BCUT2D eigenvalue weighted by Crippen LogP contribution is -2.00. The summed E-state index contributed by atoms with van der Waals surface area (Å²) in [5, 5.41) is 7.32. The molecule has 0 aliphatic carbocycles. The number of hydrogen-bond acceptors (Lipinski definition) is 6. The number of furan rings is 3. The summed E-state index contributed by atoms with van der Waals surface area (Å²) in [7, 11) is 0. The van der Waals surface area contributed by atoms with Crippen molar-refractivity contribution in [1.29, 1.82) is 0 Å². The lowest BCUT2D eigenvalue weighted by molar-refractivity contribution is 0.601. The largest absolute Gasteiger partial charge is 0.456 e. The Hall–Kier alpha value is -7.57. The second-order valence-electron chi connectivity index (χ2n) is 14.0. The van der Waals surface area contributed by atoms with Crippen molar-refractivity contribution in [3.63, 3.8) is 0 Å². The third kappa shape index (κ3) is 5.30. The van der Waals surface area contributed by atoms with Crippen molar-refractivity contribution in [3.8, 4) is 34.2 Å². The molecule has 0 radical (unpaired) electrons. The highest BCUT2D eigenvalue weighted by atomic mass is 16.3. The molecule has 0 unspecified atom stereocenters.